The van der Waals surface area contributed by atoms with E-state index in [4.69, 9.17) is 16.0 Å². The summed E-state index contributed by atoms with van der Waals surface area (Å²) >= 11 is 5.82. The number of carbonyl (C=O) groups excluding carboxylic acids is 1. The van der Waals surface area contributed by atoms with Crippen molar-refractivity contribution in [2.24, 2.45) is 5.92 Å². The topological polar surface area (TPSA) is 76.4 Å². The van der Waals surface area contributed by atoms with Gasteiger partial charge in [0.15, 0.2) is 9.84 Å². The van der Waals surface area contributed by atoms with E-state index in [-0.39, 0.29) is 29.0 Å². The minimum absolute atomic E-state index is 0.0516. The van der Waals surface area contributed by atoms with Gasteiger partial charge < -0.3 is 9.73 Å². The standard InChI is InChI=1S/C17H20ClNO4S/c1-12(2)10-17(20)19-11-16(15-4-3-9-23-15)24(21,22)14-7-5-13(18)6-8-14/h3-9,12,16H,10-11H2,1-2H3,(H,19,20). The van der Waals surface area contributed by atoms with Crippen molar-refractivity contribution in [2.45, 2.75) is 30.4 Å². The first-order valence-electron chi connectivity index (χ1n) is 7.60. The number of sulfone groups is 1. The molecule has 0 fully saturated rings. The lowest BCUT2D eigenvalue weighted by Crippen LogP contribution is -2.32. The molecule has 1 unspecified atom stereocenters. The van der Waals surface area contributed by atoms with Crippen molar-refractivity contribution < 1.29 is 17.6 Å². The molecular weight excluding hydrogens is 350 g/mol. The molecule has 1 amide bonds. The van der Waals surface area contributed by atoms with Gasteiger partial charge in [-0.05, 0) is 42.3 Å². The van der Waals surface area contributed by atoms with E-state index in [0.717, 1.165) is 0 Å². The maximum Gasteiger partial charge on any atom is 0.220 e. The summed E-state index contributed by atoms with van der Waals surface area (Å²) < 4.78 is 31.1. The summed E-state index contributed by atoms with van der Waals surface area (Å²) in [6.45, 7) is 3.80. The molecule has 1 aromatic heterocycles. The zero-order chi connectivity index (χ0) is 17.7. The highest BCUT2D eigenvalue weighted by atomic mass is 35.5. The van der Waals surface area contributed by atoms with E-state index >= 15 is 0 Å². The van der Waals surface area contributed by atoms with Gasteiger partial charge in [-0.2, -0.15) is 0 Å². The van der Waals surface area contributed by atoms with Crippen molar-refractivity contribution in [2.75, 3.05) is 6.54 Å². The molecule has 0 aliphatic rings. The highest BCUT2D eigenvalue weighted by molar-refractivity contribution is 7.91. The van der Waals surface area contributed by atoms with Gasteiger partial charge in [0.05, 0.1) is 11.2 Å². The number of benzene rings is 1. The Morgan fingerprint density at radius 2 is 1.88 bits per heavy atom. The van der Waals surface area contributed by atoms with E-state index in [1.165, 1.54) is 30.5 Å². The van der Waals surface area contributed by atoms with Crippen LogP contribution in [0.5, 0.6) is 0 Å². The molecule has 0 radical (unpaired) electrons. The van der Waals surface area contributed by atoms with Gasteiger partial charge in [0.2, 0.25) is 5.91 Å². The van der Waals surface area contributed by atoms with Crippen LogP contribution in [-0.2, 0) is 14.6 Å². The number of rotatable bonds is 7. The second-order valence-corrected chi connectivity index (χ2v) is 8.47. The lowest BCUT2D eigenvalue weighted by Gasteiger charge is -2.17. The fourth-order valence-corrected chi connectivity index (χ4v) is 3.99. The zero-order valence-electron chi connectivity index (χ0n) is 13.5. The van der Waals surface area contributed by atoms with Crippen molar-refractivity contribution in [3.05, 3.63) is 53.4 Å². The Labute approximate surface area is 146 Å². The molecule has 2 aromatic rings. The normalized spacial score (nSPS) is 13.0. The first-order chi connectivity index (χ1) is 11.3. The van der Waals surface area contributed by atoms with Crippen LogP contribution in [0.4, 0.5) is 0 Å². The van der Waals surface area contributed by atoms with Crippen molar-refractivity contribution in [3.8, 4) is 0 Å². The Morgan fingerprint density at radius 3 is 2.42 bits per heavy atom. The number of carbonyl (C=O) groups is 1. The molecule has 2 rings (SSSR count). The first-order valence-corrected chi connectivity index (χ1v) is 9.52. The van der Waals surface area contributed by atoms with E-state index in [1.54, 1.807) is 12.1 Å². The van der Waals surface area contributed by atoms with E-state index in [9.17, 15) is 13.2 Å². The van der Waals surface area contributed by atoms with E-state index in [2.05, 4.69) is 5.32 Å². The van der Waals surface area contributed by atoms with Crippen LogP contribution in [0.25, 0.3) is 0 Å². The Bertz CT molecular complexity index is 767. The average Bonchev–Trinajstić information content (AvgIpc) is 3.01. The summed E-state index contributed by atoms with van der Waals surface area (Å²) in [4.78, 5) is 12.0. The lowest BCUT2D eigenvalue weighted by molar-refractivity contribution is -0.121. The fraction of sp³-hybridized carbons (Fsp3) is 0.353. The second kappa shape index (κ2) is 7.85. The molecule has 0 aliphatic carbocycles. The van der Waals surface area contributed by atoms with Crippen LogP contribution < -0.4 is 5.32 Å². The van der Waals surface area contributed by atoms with Crippen LogP contribution in [0.1, 0.15) is 31.3 Å². The lowest BCUT2D eigenvalue weighted by atomic mass is 10.1. The number of amides is 1. The molecule has 0 bridgehead atoms. The van der Waals surface area contributed by atoms with Gasteiger partial charge in [-0.25, -0.2) is 8.42 Å². The van der Waals surface area contributed by atoms with E-state index in [1.807, 2.05) is 13.8 Å². The summed E-state index contributed by atoms with van der Waals surface area (Å²) in [6, 6.07) is 9.14. The van der Waals surface area contributed by atoms with Crippen LogP contribution >= 0.6 is 11.6 Å². The number of furan rings is 1. The molecule has 130 valence electrons. The summed E-state index contributed by atoms with van der Waals surface area (Å²) in [5.74, 6) is 0.294. The highest BCUT2D eigenvalue weighted by Gasteiger charge is 2.31. The molecular formula is C17H20ClNO4S. The average molecular weight is 370 g/mol. The van der Waals surface area contributed by atoms with Crippen LogP contribution in [-0.4, -0.2) is 20.9 Å². The summed E-state index contributed by atoms with van der Waals surface area (Å²) in [6.07, 6.45) is 1.75. The summed E-state index contributed by atoms with van der Waals surface area (Å²) in [5.41, 5.74) is 0. The van der Waals surface area contributed by atoms with Crippen LogP contribution in [0.3, 0.4) is 0 Å². The Morgan fingerprint density at radius 1 is 1.21 bits per heavy atom. The summed E-state index contributed by atoms with van der Waals surface area (Å²) in [5, 5.41) is 2.14. The largest absolute Gasteiger partial charge is 0.468 e. The predicted octanol–water partition coefficient (Wildman–Crippen LogP) is 3.61. The molecule has 0 saturated heterocycles. The Hall–Kier alpha value is -1.79. The van der Waals surface area contributed by atoms with Crippen molar-refractivity contribution >= 4 is 27.3 Å². The molecule has 7 heteroatoms. The zero-order valence-corrected chi connectivity index (χ0v) is 15.1. The monoisotopic (exact) mass is 369 g/mol. The second-order valence-electron chi connectivity index (χ2n) is 5.91. The molecule has 0 aliphatic heterocycles. The van der Waals surface area contributed by atoms with Gasteiger partial charge in [0.1, 0.15) is 11.0 Å². The number of hydrogen-bond donors (Lipinski definition) is 1. The molecule has 1 N–H and O–H groups in total. The highest BCUT2D eigenvalue weighted by Crippen LogP contribution is 2.29. The minimum atomic E-state index is -3.73. The summed E-state index contributed by atoms with van der Waals surface area (Å²) in [7, 11) is -3.73. The van der Waals surface area contributed by atoms with E-state index < -0.39 is 15.1 Å². The van der Waals surface area contributed by atoms with Crippen LogP contribution in [0.2, 0.25) is 5.02 Å². The van der Waals surface area contributed by atoms with Gasteiger partial charge in [0.25, 0.3) is 0 Å². The minimum Gasteiger partial charge on any atom is -0.468 e. The number of hydrogen-bond acceptors (Lipinski definition) is 4. The number of nitrogens with one attached hydrogen (secondary N) is 1. The predicted molar refractivity (Wildman–Crippen MR) is 92.6 cm³/mol. The fourth-order valence-electron chi connectivity index (χ4n) is 2.28. The maximum absolute atomic E-state index is 12.9. The van der Waals surface area contributed by atoms with E-state index in [0.29, 0.717) is 11.4 Å². The molecule has 0 saturated carbocycles. The van der Waals surface area contributed by atoms with Gasteiger partial charge in [0, 0.05) is 18.0 Å². The van der Waals surface area contributed by atoms with Gasteiger partial charge >= 0.3 is 0 Å². The first kappa shape index (κ1) is 18.5. The molecule has 24 heavy (non-hydrogen) atoms. The molecule has 1 heterocycles. The quantitative estimate of drug-likeness (QED) is 0.808. The molecule has 0 spiro atoms. The molecule has 1 aromatic carbocycles. The third kappa shape index (κ3) is 4.61. The van der Waals surface area contributed by atoms with Crippen LogP contribution in [0, 0.1) is 5.92 Å². The third-order valence-corrected chi connectivity index (χ3v) is 5.78. The van der Waals surface area contributed by atoms with Gasteiger partial charge in [-0.3, -0.25) is 4.79 Å². The van der Waals surface area contributed by atoms with Crippen molar-refractivity contribution in [1.82, 2.24) is 5.32 Å². The van der Waals surface area contributed by atoms with Crippen molar-refractivity contribution in [1.29, 1.82) is 0 Å². The Balaban J connectivity index is 2.26. The smallest absolute Gasteiger partial charge is 0.220 e. The molecule has 5 nitrogen and oxygen atoms in total. The molecule has 1 atom stereocenters. The SMILES string of the molecule is CC(C)CC(=O)NCC(c1ccco1)S(=O)(=O)c1ccc(Cl)cc1. The Kier molecular flexibility index (Phi) is 6.07. The third-order valence-electron chi connectivity index (χ3n) is 3.46. The number of halogens is 1. The maximum atomic E-state index is 12.9. The van der Waals surface area contributed by atoms with Gasteiger partial charge in [-0.15, -0.1) is 0 Å². The van der Waals surface area contributed by atoms with Crippen molar-refractivity contribution in [3.63, 3.8) is 0 Å². The van der Waals surface area contributed by atoms with Crippen LogP contribution in [0.15, 0.2) is 52.0 Å². The van der Waals surface area contributed by atoms with Gasteiger partial charge in [-0.1, -0.05) is 25.4 Å².